The van der Waals surface area contributed by atoms with Crippen LogP contribution in [0.1, 0.15) is 5.56 Å². The molecule has 0 radical (unpaired) electrons. The molecule has 1 heterocycles. The van der Waals surface area contributed by atoms with Gasteiger partial charge in [0.1, 0.15) is 19.0 Å². The third kappa shape index (κ3) is 5.87. The molecule has 0 saturated heterocycles. The van der Waals surface area contributed by atoms with Gasteiger partial charge >= 0.3 is 0 Å². The first-order valence-electron chi connectivity index (χ1n) is 9.69. The maximum absolute atomic E-state index is 12.5. The topological polar surface area (TPSA) is 80.3 Å². The van der Waals surface area contributed by atoms with E-state index in [1.54, 1.807) is 55.3 Å². The Morgan fingerprint density at radius 3 is 2.40 bits per heavy atom. The monoisotopic (exact) mass is 413 g/mol. The van der Waals surface area contributed by atoms with Crippen molar-refractivity contribution < 1.29 is 23.8 Å². The minimum absolute atomic E-state index is 0.0790. The lowest BCUT2D eigenvalue weighted by molar-refractivity contribution is -0.131. The molecule has 30 heavy (non-hydrogen) atoms. The largest absolute Gasteiger partial charge is 0.497 e. The highest BCUT2D eigenvalue weighted by molar-refractivity contribution is 5.92. The number of rotatable bonds is 8. The summed E-state index contributed by atoms with van der Waals surface area (Å²) in [5.41, 5.74) is 1.63. The van der Waals surface area contributed by atoms with Gasteiger partial charge in [-0.2, -0.15) is 0 Å². The molecule has 1 N–H and O–H groups in total. The number of nitrogens with zero attached hydrogens (tertiary/aromatic N) is 2. The van der Waals surface area contributed by atoms with Gasteiger partial charge in [0.05, 0.1) is 20.2 Å². The molecule has 1 aliphatic rings. The van der Waals surface area contributed by atoms with Gasteiger partial charge in [0.15, 0.2) is 11.5 Å². The van der Waals surface area contributed by atoms with Crippen LogP contribution in [-0.4, -0.2) is 69.1 Å². The summed E-state index contributed by atoms with van der Waals surface area (Å²) in [5.74, 6) is 1.87. The zero-order valence-electron chi connectivity index (χ0n) is 17.5. The van der Waals surface area contributed by atoms with Gasteiger partial charge in [-0.25, -0.2) is 0 Å². The summed E-state index contributed by atoms with van der Waals surface area (Å²) in [5, 5.41) is 2.81. The normalized spacial score (nSPS) is 12.4. The van der Waals surface area contributed by atoms with Crippen LogP contribution in [0.25, 0.3) is 0 Å². The van der Waals surface area contributed by atoms with Gasteiger partial charge in [-0.05, 0) is 49.0 Å². The summed E-state index contributed by atoms with van der Waals surface area (Å²) in [6.45, 7) is 1.76. The maximum Gasteiger partial charge on any atom is 0.238 e. The summed E-state index contributed by atoms with van der Waals surface area (Å²) in [6.07, 6.45) is 0. The third-order valence-electron chi connectivity index (χ3n) is 4.64. The van der Waals surface area contributed by atoms with Gasteiger partial charge in [0.2, 0.25) is 11.8 Å². The van der Waals surface area contributed by atoms with Crippen molar-refractivity contribution in [1.82, 2.24) is 9.80 Å². The number of hydrogen-bond donors (Lipinski definition) is 1. The van der Waals surface area contributed by atoms with Crippen LogP contribution in [0, 0.1) is 0 Å². The van der Waals surface area contributed by atoms with E-state index in [1.807, 2.05) is 18.2 Å². The molecule has 3 rings (SSSR count). The molecule has 8 nitrogen and oxygen atoms in total. The number of fused-ring (bicyclic) bond motifs is 1. The third-order valence-corrected chi connectivity index (χ3v) is 4.64. The van der Waals surface area contributed by atoms with Crippen LogP contribution in [0.3, 0.4) is 0 Å². The lowest BCUT2D eigenvalue weighted by atomic mass is 10.2. The van der Waals surface area contributed by atoms with Crippen molar-refractivity contribution in [3.05, 3.63) is 48.0 Å². The second-order valence-electron chi connectivity index (χ2n) is 7.18. The minimum Gasteiger partial charge on any atom is -0.497 e. The minimum atomic E-state index is -0.190. The summed E-state index contributed by atoms with van der Waals surface area (Å²) in [4.78, 5) is 28.1. The van der Waals surface area contributed by atoms with Crippen LogP contribution in [0.5, 0.6) is 17.2 Å². The molecular weight excluding hydrogens is 386 g/mol. The molecule has 0 unspecified atom stereocenters. The molecule has 160 valence electrons. The van der Waals surface area contributed by atoms with E-state index in [1.165, 1.54) is 0 Å². The SMILES string of the molecule is COc1ccc(NC(=O)CN(C)CC(=O)N(C)Cc2ccc3c(c2)OCCO3)cc1. The molecule has 0 bridgehead atoms. The van der Waals surface area contributed by atoms with Crippen LogP contribution in [0.15, 0.2) is 42.5 Å². The predicted molar refractivity (Wildman–Crippen MR) is 113 cm³/mol. The van der Waals surface area contributed by atoms with Gasteiger partial charge < -0.3 is 24.4 Å². The first kappa shape index (κ1) is 21.4. The first-order valence-corrected chi connectivity index (χ1v) is 9.69. The fourth-order valence-electron chi connectivity index (χ4n) is 3.08. The van der Waals surface area contributed by atoms with E-state index in [-0.39, 0.29) is 24.9 Å². The number of ether oxygens (including phenoxy) is 3. The Balaban J connectivity index is 1.46. The van der Waals surface area contributed by atoms with Crippen molar-refractivity contribution >= 4 is 17.5 Å². The van der Waals surface area contributed by atoms with E-state index in [4.69, 9.17) is 14.2 Å². The van der Waals surface area contributed by atoms with Gasteiger partial charge in [-0.15, -0.1) is 0 Å². The van der Waals surface area contributed by atoms with Crippen molar-refractivity contribution in [2.75, 3.05) is 52.8 Å². The second kappa shape index (κ2) is 9.98. The van der Waals surface area contributed by atoms with Crippen molar-refractivity contribution in [3.63, 3.8) is 0 Å². The zero-order chi connectivity index (χ0) is 21.5. The number of likely N-dealkylation sites (N-methyl/N-ethyl adjacent to an activating group) is 2. The van der Waals surface area contributed by atoms with E-state index < -0.39 is 0 Å². The quantitative estimate of drug-likeness (QED) is 0.713. The molecule has 0 aliphatic carbocycles. The Bertz CT molecular complexity index is 885. The molecule has 2 aromatic carbocycles. The molecule has 0 spiro atoms. The van der Waals surface area contributed by atoms with Crippen LogP contribution in [0.2, 0.25) is 0 Å². The molecule has 0 fully saturated rings. The van der Waals surface area contributed by atoms with Crippen molar-refractivity contribution in [3.8, 4) is 17.2 Å². The van der Waals surface area contributed by atoms with Crippen LogP contribution >= 0.6 is 0 Å². The Morgan fingerprint density at radius 2 is 1.70 bits per heavy atom. The number of nitrogens with one attached hydrogen (secondary N) is 1. The number of benzene rings is 2. The summed E-state index contributed by atoms with van der Waals surface area (Å²) < 4.78 is 16.2. The Morgan fingerprint density at radius 1 is 1.00 bits per heavy atom. The van der Waals surface area contributed by atoms with Crippen LogP contribution in [0.4, 0.5) is 5.69 Å². The Kier molecular flexibility index (Phi) is 7.13. The second-order valence-corrected chi connectivity index (χ2v) is 7.18. The van der Waals surface area contributed by atoms with Crippen molar-refractivity contribution in [2.45, 2.75) is 6.54 Å². The highest BCUT2D eigenvalue weighted by Crippen LogP contribution is 2.31. The molecular formula is C22H27N3O5. The van der Waals surface area contributed by atoms with E-state index in [9.17, 15) is 9.59 Å². The van der Waals surface area contributed by atoms with E-state index in [0.29, 0.717) is 31.2 Å². The molecule has 8 heteroatoms. The lowest BCUT2D eigenvalue weighted by Gasteiger charge is -2.23. The molecule has 0 saturated carbocycles. The van der Waals surface area contributed by atoms with Crippen molar-refractivity contribution in [1.29, 1.82) is 0 Å². The average molecular weight is 413 g/mol. The number of carbonyl (C=O) groups excluding carboxylic acids is 2. The van der Waals surface area contributed by atoms with Gasteiger partial charge in [0, 0.05) is 19.3 Å². The maximum atomic E-state index is 12.5. The fourth-order valence-corrected chi connectivity index (χ4v) is 3.08. The van der Waals surface area contributed by atoms with Gasteiger partial charge in [0.25, 0.3) is 0 Å². The van der Waals surface area contributed by atoms with E-state index in [0.717, 1.165) is 17.1 Å². The lowest BCUT2D eigenvalue weighted by Crippen LogP contribution is -2.39. The highest BCUT2D eigenvalue weighted by atomic mass is 16.6. The Labute approximate surface area is 176 Å². The first-order chi connectivity index (χ1) is 14.4. The number of amides is 2. The fraction of sp³-hybridized carbons (Fsp3) is 0.364. The smallest absolute Gasteiger partial charge is 0.238 e. The van der Waals surface area contributed by atoms with Crippen LogP contribution in [-0.2, 0) is 16.1 Å². The molecule has 0 aromatic heterocycles. The average Bonchev–Trinajstić information content (AvgIpc) is 2.74. The summed E-state index contributed by atoms with van der Waals surface area (Å²) in [7, 11) is 5.07. The zero-order valence-corrected chi connectivity index (χ0v) is 17.5. The van der Waals surface area contributed by atoms with E-state index >= 15 is 0 Å². The van der Waals surface area contributed by atoms with Gasteiger partial charge in [-0.3, -0.25) is 14.5 Å². The Hall–Kier alpha value is -3.26. The summed E-state index contributed by atoms with van der Waals surface area (Å²) in [6, 6.07) is 12.8. The molecule has 2 aromatic rings. The number of carbonyl (C=O) groups is 2. The van der Waals surface area contributed by atoms with Gasteiger partial charge in [-0.1, -0.05) is 6.07 Å². The highest BCUT2D eigenvalue weighted by Gasteiger charge is 2.17. The summed E-state index contributed by atoms with van der Waals surface area (Å²) >= 11 is 0. The molecule has 1 aliphatic heterocycles. The molecule has 2 amide bonds. The number of methoxy groups -OCH3 is 1. The number of hydrogen-bond acceptors (Lipinski definition) is 6. The van der Waals surface area contributed by atoms with E-state index in [2.05, 4.69) is 5.32 Å². The number of anilines is 1. The predicted octanol–water partition coefficient (Wildman–Crippen LogP) is 2.00. The standard InChI is InChI=1S/C22H27N3O5/c1-24(14-21(26)23-17-5-7-18(28-3)8-6-17)15-22(27)25(2)13-16-4-9-19-20(12-16)30-11-10-29-19/h4-9,12H,10-11,13-15H2,1-3H3,(H,23,26). The molecule has 0 atom stereocenters. The van der Waals surface area contributed by atoms with Crippen molar-refractivity contribution in [2.24, 2.45) is 0 Å². The van der Waals surface area contributed by atoms with Crippen LogP contribution < -0.4 is 19.5 Å².